The third-order valence-electron chi connectivity index (χ3n) is 3.16. The number of ether oxygens (including phenoxy) is 2. The molecule has 1 unspecified atom stereocenters. The fourth-order valence-electron chi connectivity index (χ4n) is 2.04. The van der Waals surface area contributed by atoms with Crippen molar-refractivity contribution in [2.45, 2.75) is 12.6 Å². The Morgan fingerprint density at radius 3 is 3.06 bits per heavy atom. The first-order valence-electron chi connectivity index (χ1n) is 5.94. The Labute approximate surface area is 111 Å². The highest BCUT2D eigenvalue weighted by Gasteiger charge is 2.23. The minimum absolute atomic E-state index is 0.155. The van der Waals surface area contributed by atoms with Crippen LogP contribution in [0, 0.1) is 5.82 Å². The maximum Gasteiger partial charge on any atom is 0.131 e. The minimum atomic E-state index is -0.242. The molecule has 1 aliphatic rings. The van der Waals surface area contributed by atoms with Crippen LogP contribution in [-0.4, -0.2) is 43.7 Å². The predicted octanol–water partition coefficient (Wildman–Crippen LogP) is 2.27. The highest BCUT2D eigenvalue weighted by molar-refractivity contribution is 6.18. The standard InChI is InChI=1S/C13H17ClFNO2/c1-17-12-3-2-10(13(15)6-12)8-16-4-5-18-9-11(16)7-14/h2-3,6,11H,4-5,7-9H2,1H3. The first-order valence-corrected chi connectivity index (χ1v) is 6.48. The zero-order valence-electron chi connectivity index (χ0n) is 10.4. The summed E-state index contributed by atoms with van der Waals surface area (Å²) in [5, 5.41) is 0. The van der Waals surface area contributed by atoms with Crippen molar-refractivity contribution in [1.29, 1.82) is 0 Å². The van der Waals surface area contributed by atoms with Crippen molar-refractivity contribution in [1.82, 2.24) is 4.90 Å². The molecule has 0 N–H and O–H groups in total. The number of rotatable bonds is 4. The van der Waals surface area contributed by atoms with Gasteiger partial charge in [-0.25, -0.2) is 4.39 Å². The van der Waals surface area contributed by atoms with Gasteiger partial charge in [-0.2, -0.15) is 0 Å². The van der Waals surface area contributed by atoms with E-state index in [0.717, 1.165) is 6.54 Å². The van der Waals surface area contributed by atoms with Gasteiger partial charge in [0.05, 0.1) is 20.3 Å². The number of methoxy groups -OCH3 is 1. The van der Waals surface area contributed by atoms with Gasteiger partial charge >= 0.3 is 0 Å². The molecule has 0 saturated carbocycles. The molecule has 0 aliphatic carbocycles. The number of hydrogen-bond acceptors (Lipinski definition) is 3. The van der Waals surface area contributed by atoms with Gasteiger partial charge in [0.15, 0.2) is 0 Å². The molecule has 2 rings (SSSR count). The van der Waals surface area contributed by atoms with Crippen LogP contribution in [-0.2, 0) is 11.3 Å². The Hall–Kier alpha value is -0.840. The van der Waals surface area contributed by atoms with Crippen LogP contribution < -0.4 is 4.74 Å². The molecule has 0 spiro atoms. The highest BCUT2D eigenvalue weighted by Crippen LogP contribution is 2.20. The van der Waals surface area contributed by atoms with E-state index in [9.17, 15) is 4.39 Å². The quantitative estimate of drug-likeness (QED) is 0.786. The predicted molar refractivity (Wildman–Crippen MR) is 68.7 cm³/mol. The molecule has 1 aromatic rings. The molecule has 3 nitrogen and oxygen atoms in total. The second-order valence-electron chi connectivity index (χ2n) is 4.31. The summed E-state index contributed by atoms with van der Waals surface area (Å²) in [5.74, 6) is 0.791. The lowest BCUT2D eigenvalue weighted by Crippen LogP contribution is -2.46. The topological polar surface area (TPSA) is 21.7 Å². The van der Waals surface area contributed by atoms with E-state index in [-0.39, 0.29) is 11.9 Å². The zero-order valence-corrected chi connectivity index (χ0v) is 11.1. The van der Waals surface area contributed by atoms with Gasteiger partial charge < -0.3 is 9.47 Å². The van der Waals surface area contributed by atoms with Crippen LogP contribution in [0.25, 0.3) is 0 Å². The fraction of sp³-hybridized carbons (Fsp3) is 0.538. The molecule has 1 atom stereocenters. The summed E-state index contributed by atoms with van der Waals surface area (Å²) in [6, 6.07) is 5.09. The second kappa shape index (κ2) is 6.36. The first-order chi connectivity index (χ1) is 8.74. The van der Waals surface area contributed by atoms with Crippen LogP contribution in [0.4, 0.5) is 4.39 Å². The van der Waals surface area contributed by atoms with E-state index >= 15 is 0 Å². The maximum atomic E-state index is 13.9. The van der Waals surface area contributed by atoms with E-state index in [1.807, 2.05) is 0 Å². The second-order valence-corrected chi connectivity index (χ2v) is 4.62. The number of hydrogen-bond donors (Lipinski definition) is 0. The largest absolute Gasteiger partial charge is 0.497 e. The molecule has 0 bridgehead atoms. The lowest BCUT2D eigenvalue weighted by atomic mass is 10.1. The Morgan fingerprint density at radius 2 is 2.39 bits per heavy atom. The van der Waals surface area contributed by atoms with Crippen molar-refractivity contribution >= 4 is 11.6 Å². The molecule has 18 heavy (non-hydrogen) atoms. The van der Waals surface area contributed by atoms with E-state index in [4.69, 9.17) is 21.1 Å². The summed E-state index contributed by atoms with van der Waals surface area (Å²) in [4.78, 5) is 2.15. The van der Waals surface area contributed by atoms with E-state index < -0.39 is 0 Å². The zero-order chi connectivity index (χ0) is 13.0. The number of benzene rings is 1. The van der Waals surface area contributed by atoms with Crippen molar-refractivity contribution in [3.63, 3.8) is 0 Å². The molecule has 5 heteroatoms. The van der Waals surface area contributed by atoms with Crippen molar-refractivity contribution in [3.8, 4) is 5.75 Å². The monoisotopic (exact) mass is 273 g/mol. The normalized spacial score (nSPS) is 20.9. The summed E-state index contributed by atoms with van der Waals surface area (Å²) in [7, 11) is 1.53. The summed E-state index contributed by atoms with van der Waals surface area (Å²) in [5.41, 5.74) is 0.660. The molecule has 100 valence electrons. The molecule has 1 aromatic carbocycles. The van der Waals surface area contributed by atoms with Gasteiger partial charge in [0.25, 0.3) is 0 Å². The van der Waals surface area contributed by atoms with Crippen LogP contribution >= 0.6 is 11.6 Å². The smallest absolute Gasteiger partial charge is 0.131 e. The first kappa shape index (κ1) is 13.6. The summed E-state index contributed by atoms with van der Waals surface area (Å²) < 4.78 is 24.2. The van der Waals surface area contributed by atoms with Gasteiger partial charge in [0.2, 0.25) is 0 Å². The molecule has 1 aliphatic heterocycles. The lowest BCUT2D eigenvalue weighted by molar-refractivity contribution is -0.00348. The number of morpholine rings is 1. The van der Waals surface area contributed by atoms with Gasteiger partial charge in [-0.3, -0.25) is 4.90 Å². The average molecular weight is 274 g/mol. The summed E-state index contributed by atoms with van der Waals surface area (Å²) in [6.07, 6.45) is 0. The molecule has 1 saturated heterocycles. The van der Waals surface area contributed by atoms with Crippen molar-refractivity contribution in [2.24, 2.45) is 0 Å². The summed E-state index contributed by atoms with van der Waals surface area (Å²) >= 11 is 5.89. The van der Waals surface area contributed by atoms with Crippen LogP contribution in [0.1, 0.15) is 5.56 Å². The van der Waals surface area contributed by atoms with Gasteiger partial charge in [-0.1, -0.05) is 6.07 Å². The maximum absolute atomic E-state index is 13.9. The van der Waals surface area contributed by atoms with Gasteiger partial charge in [0, 0.05) is 36.6 Å². The van der Waals surface area contributed by atoms with Crippen molar-refractivity contribution < 1.29 is 13.9 Å². The molecule has 0 aromatic heterocycles. The molecule has 0 radical (unpaired) electrons. The third-order valence-corrected chi connectivity index (χ3v) is 3.52. The van der Waals surface area contributed by atoms with Crippen LogP contribution in [0.2, 0.25) is 0 Å². The molecule has 0 amide bonds. The number of nitrogens with zero attached hydrogens (tertiary/aromatic N) is 1. The van der Waals surface area contributed by atoms with Crippen molar-refractivity contribution in [2.75, 3.05) is 32.7 Å². The van der Waals surface area contributed by atoms with Crippen LogP contribution in [0.3, 0.4) is 0 Å². The Bertz CT molecular complexity index is 403. The molecular weight excluding hydrogens is 257 g/mol. The van der Waals surface area contributed by atoms with Gasteiger partial charge in [-0.15, -0.1) is 11.6 Å². The van der Waals surface area contributed by atoms with E-state index in [1.54, 1.807) is 12.1 Å². The molecular formula is C13H17ClFNO2. The minimum Gasteiger partial charge on any atom is -0.497 e. The Kier molecular flexibility index (Phi) is 4.80. The van der Waals surface area contributed by atoms with E-state index in [2.05, 4.69) is 4.90 Å². The fourth-order valence-corrected chi connectivity index (χ4v) is 2.33. The van der Waals surface area contributed by atoms with E-state index in [1.165, 1.54) is 13.2 Å². The number of halogens is 2. The Balaban J connectivity index is 2.07. The molecule has 1 heterocycles. The van der Waals surface area contributed by atoms with Crippen molar-refractivity contribution in [3.05, 3.63) is 29.6 Å². The van der Waals surface area contributed by atoms with Gasteiger partial charge in [-0.05, 0) is 6.07 Å². The average Bonchev–Trinajstić information content (AvgIpc) is 2.41. The summed E-state index contributed by atoms with van der Waals surface area (Å²) in [6.45, 7) is 2.62. The highest BCUT2D eigenvalue weighted by atomic mass is 35.5. The van der Waals surface area contributed by atoms with Crippen LogP contribution in [0.15, 0.2) is 18.2 Å². The SMILES string of the molecule is COc1ccc(CN2CCOCC2CCl)c(F)c1. The Morgan fingerprint density at radius 1 is 1.56 bits per heavy atom. The van der Waals surface area contributed by atoms with Crippen LogP contribution in [0.5, 0.6) is 5.75 Å². The lowest BCUT2D eigenvalue weighted by Gasteiger charge is -2.34. The molecule has 1 fully saturated rings. The van der Waals surface area contributed by atoms with E-state index in [0.29, 0.717) is 37.0 Å². The number of alkyl halides is 1. The third kappa shape index (κ3) is 3.13. The van der Waals surface area contributed by atoms with Gasteiger partial charge in [0.1, 0.15) is 11.6 Å².